The lowest BCUT2D eigenvalue weighted by Crippen LogP contribution is -2.34. The third-order valence-electron chi connectivity index (χ3n) is 1.84. The SMILES string of the molecule is CC(=O)c1nc(C(C)(C)N)[nH]c(=O)c1O. The highest BCUT2D eigenvalue weighted by Crippen LogP contribution is 2.14. The van der Waals surface area contributed by atoms with Gasteiger partial charge in [-0.15, -0.1) is 0 Å². The van der Waals surface area contributed by atoms with Crippen LogP contribution in [0, 0.1) is 0 Å². The van der Waals surface area contributed by atoms with Gasteiger partial charge in [-0.2, -0.15) is 0 Å². The predicted octanol–water partition coefficient (Wildman–Crippen LogP) is -0.128. The second-order valence-corrected chi connectivity index (χ2v) is 3.89. The smallest absolute Gasteiger partial charge is 0.293 e. The van der Waals surface area contributed by atoms with Gasteiger partial charge in [0, 0.05) is 6.92 Å². The van der Waals surface area contributed by atoms with E-state index in [-0.39, 0.29) is 11.5 Å². The lowest BCUT2D eigenvalue weighted by Gasteiger charge is -2.17. The summed E-state index contributed by atoms with van der Waals surface area (Å²) in [4.78, 5) is 28.5. The first-order valence-corrected chi connectivity index (χ1v) is 4.37. The van der Waals surface area contributed by atoms with Gasteiger partial charge in [0.2, 0.25) is 5.75 Å². The molecule has 0 saturated carbocycles. The Morgan fingerprint density at radius 2 is 2.07 bits per heavy atom. The molecule has 0 saturated heterocycles. The van der Waals surface area contributed by atoms with Crippen molar-refractivity contribution in [2.24, 2.45) is 5.73 Å². The van der Waals surface area contributed by atoms with Gasteiger partial charge in [-0.05, 0) is 13.8 Å². The van der Waals surface area contributed by atoms with E-state index in [4.69, 9.17) is 5.73 Å². The van der Waals surface area contributed by atoms with Crippen molar-refractivity contribution in [3.8, 4) is 5.75 Å². The van der Waals surface area contributed by atoms with E-state index < -0.39 is 22.6 Å². The molecule has 1 aromatic rings. The molecular formula is C9H13N3O3. The Bertz CT molecular complexity index is 457. The molecule has 6 nitrogen and oxygen atoms in total. The lowest BCUT2D eigenvalue weighted by atomic mass is 10.1. The van der Waals surface area contributed by atoms with Crippen LogP contribution >= 0.6 is 0 Å². The maximum atomic E-state index is 11.3. The average Bonchev–Trinajstić information content (AvgIpc) is 2.06. The number of aromatic nitrogens is 2. The number of carbonyl (C=O) groups excluding carboxylic acids is 1. The summed E-state index contributed by atoms with van der Waals surface area (Å²) < 4.78 is 0. The van der Waals surface area contributed by atoms with Gasteiger partial charge in [0.15, 0.2) is 11.5 Å². The van der Waals surface area contributed by atoms with E-state index in [2.05, 4.69) is 9.97 Å². The molecule has 0 aliphatic carbocycles. The molecule has 0 aromatic carbocycles. The third-order valence-corrected chi connectivity index (χ3v) is 1.84. The summed E-state index contributed by atoms with van der Waals surface area (Å²) in [6.07, 6.45) is 0. The Kier molecular flexibility index (Phi) is 2.63. The molecule has 1 rings (SSSR count). The molecule has 0 radical (unpaired) electrons. The molecule has 0 amide bonds. The molecule has 0 aliphatic heterocycles. The Balaban J connectivity index is 3.50. The Labute approximate surface area is 86.2 Å². The molecule has 0 atom stereocenters. The molecule has 0 unspecified atom stereocenters. The van der Waals surface area contributed by atoms with Crippen molar-refractivity contribution in [3.63, 3.8) is 0 Å². The van der Waals surface area contributed by atoms with E-state index in [0.717, 1.165) is 0 Å². The standard InChI is InChI=1S/C9H13N3O3/c1-4(13)5-6(14)7(15)12-8(11-5)9(2,3)10/h14H,10H2,1-3H3,(H,11,12,15). The molecule has 1 aromatic heterocycles. The summed E-state index contributed by atoms with van der Waals surface area (Å²) >= 11 is 0. The number of aromatic amines is 1. The zero-order valence-corrected chi connectivity index (χ0v) is 8.79. The van der Waals surface area contributed by atoms with Crippen molar-refractivity contribution in [2.45, 2.75) is 26.3 Å². The fraction of sp³-hybridized carbons (Fsp3) is 0.444. The highest BCUT2D eigenvalue weighted by atomic mass is 16.3. The van der Waals surface area contributed by atoms with Crippen LogP contribution in [-0.2, 0) is 5.54 Å². The summed E-state index contributed by atoms with van der Waals surface area (Å²) in [6.45, 7) is 4.48. The summed E-state index contributed by atoms with van der Waals surface area (Å²) in [5, 5.41) is 9.29. The number of nitrogens with two attached hydrogens (primary N) is 1. The van der Waals surface area contributed by atoms with E-state index in [1.165, 1.54) is 6.92 Å². The number of ketones is 1. The third kappa shape index (κ3) is 2.21. The van der Waals surface area contributed by atoms with Crippen LogP contribution in [0.25, 0.3) is 0 Å². The van der Waals surface area contributed by atoms with E-state index in [9.17, 15) is 14.7 Å². The predicted molar refractivity (Wildman–Crippen MR) is 53.7 cm³/mol. The minimum absolute atomic E-state index is 0.163. The number of hydrogen-bond donors (Lipinski definition) is 3. The topological polar surface area (TPSA) is 109 Å². The van der Waals surface area contributed by atoms with Gasteiger partial charge in [-0.3, -0.25) is 9.59 Å². The molecule has 1 heterocycles. The van der Waals surface area contributed by atoms with Gasteiger partial charge in [-0.1, -0.05) is 0 Å². The van der Waals surface area contributed by atoms with Crippen LogP contribution in [-0.4, -0.2) is 20.9 Å². The first kappa shape index (κ1) is 11.4. The normalized spacial score (nSPS) is 11.5. The highest BCUT2D eigenvalue weighted by Gasteiger charge is 2.22. The fourth-order valence-corrected chi connectivity index (χ4v) is 1.02. The van der Waals surface area contributed by atoms with Crippen molar-refractivity contribution < 1.29 is 9.90 Å². The number of aromatic hydroxyl groups is 1. The van der Waals surface area contributed by atoms with Gasteiger partial charge in [0.25, 0.3) is 5.56 Å². The van der Waals surface area contributed by atoms with Crippen molar-refractivity contribution in [1.82, 2.24) is 9.97 Å². The summed E-state index contributed by atoms with van der Waals surface area (Å²) in [7, 11) is 0. The Morgan fingerprint density at radius 3 is 2.47 bits per heavy atom. The number of nitrogens with zero attached hydrogens (tertiary/aromatic N) is 1. The first-order valence-electron chi connectivity index (χ1n) is 4.37. The molecular weight excluding hydrogens is 198 g/mol. The van der Waals surface area contributed by atoms with E-state index >= 15 is 0 Å². The molecule has 15 heavy (non-hydrogen) atoms. The largest absolute Gasteiger partial charge is 0.501 e. The number of hydrogen-bond acceptors (Lipinski definition) is 5. The van der Waals surface area contributed by atoms with Gasteiger partial charge >= 0.3 is 0 Å². The number of nitrogens with one attached hydrogen (secondary N) is 1. The van der Waals surface area contributed by atoms with E-state index in [1.54, 1.807) is 13.8 Å². The Morgan fingerprint density at radius 1 is 1.53 bits per heavy atom. The van der Waals surface area contributed by atoms with Gasteiger partial charge in [0.1, 0.15) is 5.82 Å². The van der Waals surface area contributed by atoms with Crippen LogP contribution in [0.2, 0.25) is 0 Å². The molecule has 6 heteroatoms. The maximum absolute atomic E-state index is 11.3. The molecule has 0 spiro atoms. The van der Waals surface area contributed by atoms with E-state index in [0.29, 0.717) is 0 Å². The number of H-pyrrole nitrogens is 1. The molecule has 0 fully saturated rings. The van der Waals surface area contributed by atoms with Crippen molar-refractivity contribution in [2.75, 3.05) is 0 Å². The molecule has 0 aliphatic rings. The summed E-state index contributed by atoms with van der Waals surface area (Å²) in [6, 6.07) is 0. The molecule has 82 valence electrons. The van der Waals surface area contributed by atoms with Crippen LogP contribution in [0.3, 0.4) is 0 Å². The van der Waals surface area contributed by atoms with Gasteiger partial charge in [0.05, 0.1) is 5.54 Å². The first-order chi connectivity index (χ1) is 6.73. The highest BCUT2D eigenvalue weighted by molar-refractivity contribution is 5.94. The van der Waals surface area contributed by atoms with E-state index in [1.807, 2.05) is 0 Å². The molecule has 4 N–H and O–H groups in total. The average molecular weight is 211 g/mol. The number of rotatable bonds is 2. The zero-order chi connectivity index (χ0) is 11.8. The van der Waals surface area contributed by atoms with Crippen LogP contribution in [0.5, 0.6) is 5.75 Å². The quantitative estimate of drug-likeness (QED) is 0.590. The van der Waals surface area contributed by atoms with Crippen LogP contribution in [0.1, 0.15) is 37.1 Å². The fourth-order valence-electron chi connectivity index (χ4n) is 1.02. The lowest BCUT2D eigenvalue weighted by molar-refractivity contribution is 0.100. The summed E-state index contributed by atoms with van der Waals surface area (Å²) in [5.41, 5.74) is 3.82. The zero-order valence-electron chi connectivity index (χ0n) is 8.79. The van der Waals surface area contributed by atoms with Gasteiger partial charge in [-0.25, -0.2) is 4.98 Å². The van der Waals surface area contributed by atoms with Crippen LogP contribution in [0.15, 0.2) is 4.79 Å². The second-order valence-electron chi connectivity index (χ2n) is 3.89. The number of Topliss-reactive ketones (excluding diaryl/α,β-unsaturated/α-hetero) is 1. The Hall–Kier alpha value is -1.69. The monoisotopic (exact) mass is 211 g/mol. The number of carbonyl (C=O) groups is 1. The summed E-state index contributed by atoms with van der Waals surface area (Å²) in [5.74, 6) is -0.991. The van der Waals surface area contributed by atoms with Crippen LogP contribution in [0.4, 0.5) is 0 Å². The molecule has 0 bridgehead atoms. The minimum atomic E-state index is -0.878. The van der Waals surface area contributed by atoms with Crippen molar-refractivity contribution in [1.29, 1.82) is 0 Å². The van der Waals surface area contributed by atoms with Crippen LogP contribution < -0.4 is 11.3 Å². The van der Waals surface area contributed by atoms with Crippen molar-refractivity contribution in [3.05, 3.63) is 21.9 Å². The van der Waals surface area contributed by atoms with Gasteiger partial charge < -0.3 is 15.8 Å². The second kappa shape index (κ2) is 3.47. The van der Waals surface area contributed by atoms with Crippen molar-refractivity contribution >= 4 is 5.78 Å². The minimum Gasteiger partial charge on any atom is -0.501 e. The maximum Gasteiger partial charge on any atom is 0.293 e.